The highest BCUT2D eigenvalue weighted by molar-refractivity contribution is 5.96. The minimum Gasteiger partial charge on any atom is -0.339 e. The van der Waals surface area contributed by atoms with Crippen molar-refractivity contribution in [2.75, 3.05) is 12.4 Å². The largest absolute Gasteiger partial charge is 0.339 e. The van der Waals surface area contributed by atoms with Crippen molar-refractivity contribution in [3.63, 3.8) is 0 Å². The van der Waals surface area contributed by atoms with Gasteiger partial charge >= 0.3 is 0 Å². The van der Waals surface area contributed by atoms with Crippen LogP contribution < -0.4 is 11.1 Å². The fourth-order valence-electron chi connectivity index (χ4n) is 3.03. The van der Waals surface area contributed by atoms with E-state index in [0.29, 0.717) is 17.3 Å². The molecule has 1 aromatic carbocycles. The molecule has 140 valence electrons. The molecule has 1 saturated carbocycles. The number of halogens is 1. The lowest BCUT2D eigenvalue weighted by Crippen LogP contribution is -2.38. The minimum absolute atomic E-state index is 0. The molecule has 1 aromatic rings. The molecule has 0 bridgehead atoms. The van der Waals surface area contributed by atoms with Gasteiger partial charge in [-0.1, -0.05) is 26.2 Å². The van der Waals surface area contributed by atoms with E-state index in [1.807, 2.05) is 18.9 Å². The number of benzene rings is 1. The Morgan fingerprint density at radius 2 is 1.68 bits per heavy atom. The molecule has 0 aliphatic heterocycles. The second kappa shape index (κ2) is 9.78. The Morgan fingerprint density at radius 3 is 2.20 bits per heavy atom. The lowest BCUT2D eigenvalue weighted by molar-refractivity contribution is -0.119. The molecule has 5 nitrogen and oxygen atoms in total. The summed E-state index contributed by atoms with van der Waals surface area (Å²) in [6, 6.07) is 7.23. The number of carbonyl (C=O) groups excluding carboxylic acids is 2. The summed E-state index contributed by atoms with van der Waals surface area (Å²) in [5, 5.41) is 2.84. The number of anilines is 1. The van der Waals surface area contributed by atoms with Crippen molar-refractivity contribution < 1.29 is 9.59 Å². The molecule has 0 saturated heterocycles. The van der Waals surface area contributed by atoms with Crippen molar-refractivity contribution >= 4 is 29.9 Å². The average Bonchev–Trinajstić information content (AvgIpc) is 2.61. The van der Waals surface area contributed by atoms with Crippen LogP contribution in [0.1, 0.15) is 56.3 Å². The average molecular weight is 368 g/mol. The summed E-state index contributed by atoms with van der Waals surface area (Å²) in [6.07, 6.45) is 5.85. The number of hydrogen-bond donors (Lipinski definition) is 2. The van der Waals surface area contributed by atoms with E-state index >= 15 is 0 Å². The van der Waals surface area contributed by atoms with Gasteiger partial charge in [-0.3, -0.25) is 9.59 Å². The smallest absolute Gasteiger partial charge is 0.253 e. The Bertz CT molecular complexity index is 569. The summed E-state index contributed by atoms with van der Waals surface area (Å²) in [7, 11) is 1.89. The number of carbonyl (C=O) groups is 2. The van der Waals surface area contributed by atoms with Crippen LogP contribution in [0.5, 0.6) is 0 Å². The first-order chi connectivity index (χ1) is 11.4. The first-order valence-corrected chi connectivity index (χ1v) is 8.84. The van der Waals surface area contributed by atoms with Gasteiger partial charge in [0, 0.05) is 30.4 Å². The zero-order valence-electron chi connectivity index (χ0n) is 15.3. The number of rotatable bonds is 5. The lowest BCUT2D eigenvalue weighted by atomic mass is 9.94. The third-order valence-corrected chi connectivity index (χ3v) is 5.04. The Morgan fingerprint density at radius 1 is 1.12 bits per heavy atom. The number of nitrogens with two attached hydrogens (primary N) is 1. The predicted octanol–water partition coefficient (Wildman–Crippen LogP) is 3.43. The van der Waals surface area contributed by atoms with E-state index in [-0.39, 0.29) is 36.2 Å². The van der Waals surface area contributed by atoms with Crippen molar-refractivity contribution in [1.82, 2.24) is 4.90 Å². The predicted molar refractivity (Wildman–Crippen MR) is 104 cm³/mol. The highest BCUT2D eigenvalue weighted by Crippen LogP contribution is 2.23. The van der Waals surface area contributed by atoms with Crippen molar-refractivity contribution in [1.29, 1.82) is 0 Å². The second-order valence-electron chi connectivity index (χ2n) is 6.92. The van der Waals surface area contributed by atoms with E-state index in [0.717, 1.165) is 12.8 Å². The normalized spacial score (nSPS) is 17.1. The monoisotopic (exact) mass is 367 g/mol. The maximum absolute atomic E-state index is 12.6. The van der Waals surface area contributed by atoms with Gasteiger partial charge < -0.3 is 16.0 Å². The van der Waals surface area contributed by atoms with Gasteiger partial charge in [-0.05, 0) is 44.0 Å². The minimum atomic E-state index is -0.260. The maximum atomic E-state index is 12.6. The molecular formula is C19H30ClN3O2. The molecule has 1 aliphatic rings. The molecule has 2 rings (SSSR count). The molecule has 2 amide bonds. The highest BCUT2D eigenvalue weighted by Gasteiger charge is 2.23. The van der Waals surface area contributed by atoms with Crippen LogP contribution in [0, 0.1) is 5.92 Å². The molecule has 3 N–H and O–H groups in total. The standard InChI is InChI=1S/C19H29N3O2.ClH/c1-13(14(2)20)18(23)21-16-11-9-15(10-12-16)19(24)22(3)17-7-5-4-6-8-17;/h9-14,17H,4-8,20H2,1-3H3,(H,21,23);1H. The van der Waals surface area contributed by atoms with Gasteiger partial charge in [-0.2, -0.15) is 0 Å². The van der Waals surface area contributed by atoms with E-state index in [1.165, 1.54) is 19.3 Å². The zero-order chi connectivity index (χ0) is 17.7. The van der Waals surface area contributed by atoms with Gasteiger partial charge in [0.1, 0.15) is 0 Å². The second-order valence-corrected chi connectivity index (χ2v) is 6.92. The van der Waals surface area contributed by atoms with Crippen molar-refractivity contribution in [3.8, 4) is 0 Å². The zero-order valence-corrected chi connectivity index (χ0v) is 16.1. The third kappa shape index (κ3) is 5.72. The quantitative estimate of drug-likeness (QED) is 0.837. The van der Waals surface area contributed by atoms with E-state index in [9.17, 15) is 9.59 Å². The summed E-state index contributed by atoms with van der Waals surface area (Å²) in [5.41, 5.74) is 7.09. The molecule has 0 aromatic heterocycles. The molecular weight excluding hydrogens is 338 g/mol. The molecule has 1 fully saturated rings. The van der Waals surface area contributed by atoms with E-state index in [4.69, 9.17) is 5.73 Å². The molecule has 2 unspecified atom stereocenters. The van der Waals surface area contributed by atoms with Crippen molar-refractivity contribution in [2.45, 2.75) is 58.0 Å². The van der Waals surface area contributed by atoms with Gasteiger partial charge in [-0.25, -0.2) is 0 Å². The van der Waals surface area contributed by atoms with Crippen molar-refractivity contribution in [3.05, 3.63) is 29.8 Å². The molecule has 25 heavy (non-hydrogen) atoms. The summed E-state index contributed by atoms with van der Waals surface area (Å²) < 4.78 is 0. The summed E-state index contributed by atoms with van der Waals surface area (Å²) in [5.74, 6) is -0.323. The first-order valence-electron chi connectivity index (χ1n) is 8.84. The van der Waals surface area contributed by atoms with Crippen LogP contribution in [0.4, 0.5) is 5.69 Å². The number of nitrogens with zero attached hydrogens (tertiary/aromatic N) is 1. The molecule has 0 spiro atoms. The maximum Gasteiger partial charge on any atom is 0.253 e. The molecule has 0 radical (unpaired) electrons. The van der Waals surface area contributed by atoms with Crippen LogP contribution in [0.3, 0.4) is 0 Å². The number of hydrogen-bond acceptors (Lipinski definition) is 3. The Kier molecular flexibility index (Phi) is 8.39. The first kappa shape index (κ1) is 21.5. The van der Waals surface area contributed by atoms with Crippen LogP contribution in [0.25, 0.3) is 0 Å². The fourth-order valence-corrected chi connectivity index (χ4v) is 3.03. The number of nitrogens with one attached hydrogen (secondary N) is 1. The Hall–Kier alpha value is -1.59. The Labute approximate surface area is 156 Å². The van der Waals surface area contributed by atoms with Crippen LogP contribution in [0.15, 0.2) is 24.3 Å². The van der Waals surface area contributed by atoms with Crippen LogP contribution in [-0.2, 0) is 4.79 Å². The van der Waals surface area contributed by atoms with E-state index < -0.39 is 0 Å². The SMILES string of the molecule is CC(N)C(C)C(=O)Nc1ccc(C(=O)N(C)C2CCCCC2)cc1.Cl. The van der Waals surface area contributed by atoms with Crippen LogP contribution >= 0.6 is 12.4 Å². The van der Waals surface area contributed by atoms with Gasteiger partial charge in [-0.15, -0.1) is 12.4 Å². The third-order valence-electron chi connectivity index (χ3n) is 5.04. The molecule has 6 heteroatoms. The van der Waals surface area contributed by atoms with Crippen molar-refractivity contribution in [2.24, 2.45) is 11.7 Å². The van der Waals surface area contributed by atoms with Gasteiger partial charge in [0.2, 0.25) is 5.91 Å². The molecule has 0 heterocycles. The van der Waals surface area contributed by atoms with Gasteiger partial charge in [0.05, 0.1) is 5.92 Å². The van der Waals surface area contributed by atoms with Gasteiger partial charge in [0.25, 0.3) is 5.91 Å². The Balaban J connectivity index is 0.00000312. The summed E-state index contributed by atoms with van der Waals surface area (Å²) in [4.78, 5) is 26.5. The van der Waals surface area contributed by atoms with Gasteiger partial charge in [0.15, 0.2) is 0 Å². The van der Waals surface area contributed by atoms with Crippen LogP contribution in [0.2, 0.25) is 0 Å². The lowest BCUT2D eigenvalue weighted by Gasteiger charge is -2.31. The fraction of sp³-hybridized carbons (Fsp3) is 0.579. The topological polar surface area (TPSA) is 75.4 Å². The number of amides is 2. The van der Waals surface area contributed by atoms with E-state index in [2.05, 4.69) is 5.32 Å². The highest BCUT2D eigenvalue weighted by atomic mass is 35.5. The van der Waals surface area contributed by atoms with Crippen LogP contribution in [-0.4, -0.2) is 35.8 Å². The molecule has 2 atom stereocenters. The summed E-state index contributed by atoms with van der Waals surface area (Å²) in [6.45, 7) is 3.62. The summed E-state index contributed by atoms with van der Waals surface area (Å²) >= 11 is 0. The molecule has 1 aliphatic carbocycles. The van der Waals surface area contributed by atoms with E-state index in [1.54, 1.807) is 31.2 Å².